The van der Waals surface area contributed by atoms with Crippen molar-refractivity contribution in [2.24, 2.45) is 0 Å². The number of aryl methyl sites for hydroxylation is 1. The Morgan fingerprint density at radius 2 is 2.24 bits per heavy atom. The van der Waals surface area contributed by atoms with Crippen molar-refractivity contribution >= 4 is 15.9 Å². The molecule has 0 saturated heterocycles. The van der Waals surface area contributed by atoms with E-state index in [0.29, 0.717) is 22.4 Å². The SMILES string of the molecule is Cc1cn(CCO)c(-c2ccc(Br)cc2F)n1. The molecule has 3 nitrogen and oxygen atoms in total. The van der Waals surface area contributed by atoms with Gasteiger partial charge in [0.25, 0.3) is 0 Å². The molecule has 1 aromatic heterocycles. The summed E-state index contributed by atoms with van der Waals surface area (Å²) in [5.41, 5.74) is 1.24. The van der Waals surface area contributed by atoms with Gasteiger partial charge in [-0.2, -0.15) is 0 Å². The van der Waals surface area contributed by atoms with Gasteiger partial charge in [0.1, 0.15) is 11.6 Å². The molecular formula is C12H12BrFN2O. The molecule has 1 N–H and O–H groups in total. The maximum atomic E-state index is 13.8. The molecule has 0 aliphatic heterocycles. The minimum atomic E-state index is -0.329. The highest BCUT2D eigenvalue weighted by Gasteiger charge is 2.12. The summed E-state index contributed by atoms with van der Waals surface area (Å²) >= 11 is 3.22. The van der Waals surface area contributed by atoms with E-state index in [9.17, 15) is 4.39 Å². The second kappa shape index (κ2) is 4.98. The first-order chi connectivity index (χ1) is 8.11. The van der Waals surface area contributed by atoms with E-state index >= 15 is 0 Å². The minimum Gasteiger partial charge on any atom is -0.395 e. The van der Waals surface area contributed by atoms with Crippen molar-refractivity contribution in [1.29, 1.82) is 0 Å². The van der Waals surface area contributed by atoms with Crippen molar-refractivity contribution in [2.75, 3.05) is 6.61 Å². The molecule has 0 radical (unpaired) electrons. The summed E-state index contributed by atoms with van der Waals surface area (Å²) in [5, 5.41) is 8.96. The summed E-state index contributed by atoms with van der Waals surface area (Å²) in [6.45, 7) is 2.25. The van der Waals surface area contributed by atoms with Gasteiger partial charge in [0.2, 0.25) is 0 Å². The third-order valence-corrected chi connectivity index (χ3v) is 2.90. The number of nitrogens with zero attached hydrogens (tertiary/aromatic N) is 2. The Balaban J connectivity index is 2.51. The first-order valence-corrected chi connectivity index (χ1v) is 6.01. The molecule has 0 fully saturated rings. The Morgan fingerprint density at radius 3 is 2.88 bits per heavy atom. The lowest BCUT2D eigenvalue weighted by Gasteiger charge is -2.07. The van der Waals surface area contributed by atoms with Gasteiger partial charge in [0.15, 0.2) is 0 Å². The van der Waals surface area contributed by atoms with Gasteiger partial charge in [-0.05, 0) is 25.1 Å². The van der Waals surface area contributed by atoms with E-state index in [-0.39, 0.29) is 12.4 Å². The highest BCUT2D eigenvalue weighted by Crippen LogP contribution is 2.25. The minimum absolute atomic E-state index is 0.000940. The van der Waals surface area contributed by atoms with Crippen LogP contribution in [0.2, 0.25) is 0 Å². The average molecular weight is 299 g/mol. The molecule has 0 saturated carbocycles. The van der Waals surface area contributed by atoms with Crippen LogP contribution in [0.4, 0.5) is 4.39 Å². The second-order valence-corrected chi connectivity index (χ2v) is 4.66. The first-order valence-electron chi connectivity index (χ1n) is 5.22. The first kappa shape index (κ1) is 12.3. The Morgan fingerprint density at radius 1 is 1.47 bits per heavy atom. The number of aromatic nitrogens is 2. The number of rotatable bonds is 3. The third-order valence-electron chi connectivity index (χ3n) is 2.41. The highest BCUT2D eigenvalue weighted by atomic mass is 79.9. The monoisotopic (exact) mass is 298 g/mol. The van der Waals surface area contributed by atoms with Crippen LogP contribution in [0.25, 0.3) is 11.4 Å². The van der Waals surface area contributed by atoms with Gasteiger partial charge in [-0.15, -0.1) is 0 Å². The predicted molar refractivity (Wildman–Crippen MR) is 67.1 cm³/mol. The van der Waals surface area contributed by atoms with Gasteiger partial charge in [-0.25, -0.2) is 9.37 Å². The summed E-state index contributed by atoms with van der Waals surface area (Å²) in [5.74, 6) is 0.214. The van der Waals surface area contributed by atoms with Crippen LogP contribution in [0.15, 0.2) is 28.9 Å². The van der Waals surface area contributed by atoms with E-state index in [1.807, 2.05) is 6.92 Å². The third kappa shape index (κ3) is 2.56. The van der Waals surface area contributed by atoms with Crippen molar-refractivity contribution < 1.29 is 9.50 Å². The van der Waals surface area contributed by atoms with Crippen molar-refractivity contribution in [3.63, 3.8) is 0 Å². The zero-order chi connectivity index (χ0) is 12.4. The number of benzene rings is 1. The zero-order valence-corrected chi connectivity index (χ0v) is 10.9. The van der Waals surface area contributed by atoms with Gasteiger partial charge in [-0.1, -0.05) is 15.9 Å². The van der Waals surface area contributed by atoms with Crippen LogP contribution < -0.4 is 0 Å². The predicted octanol–water partition coefficient (Wildman–Crippen LogP) is 2.75. The zero-order valence-electron chi connectivity index (χ0n) is 9.32. The van der Waals surface area contributed by atoms with Crippen molar-refractivity contribution in [3.05, 3.63) is 40.4 Å². The van der Waals surface area contributed by atoms with Crippen molar-refractivity contribution in [3.8, 4) is 11.4 Å². The van der Waals surface area contributed by atoms with Gasteiger partial charge >= 0.3 is 0 Å². The smallest absolute Gasteiger partial charge is 0.143 e. The van der Waals surface area contributed by atoms with Gasteiger partial charge < -0.3 is 9.67 Å². The summed E-state index contributed by atoms with van der Waals surface area (Å²) < 4.78 is 16.3. The van der Waals surface area contributed by atoms with Crippen molar-refractivity contribution in [1.82, 2.24) is 9.55 Å². The fraction of sp³-hybridized carbons (Fsp3) is 0.250. The van der Waals surface area contributed by atoms with E-state index in [4.69, 9.17) is 5.11 Å². The van der Waals surface area contributed by atoms with Gasteiger partial charge in [-0.3, -0.25) is 0 Å². The van der Waals surface area contributed by atoms with Crippen LogP contribution in [0.5, 0.6) is 0 Å². The molecule has 1 aromatic carbocycles. The molecule has 2 rings (SSSR count). The molecule has 0 amide bonds. The van der Waals surface area contributed by atoms with Crippen LogP contribution >= 0.6 is 15.9 Å². The fourth-order valence-corrected chi connectivity index (χ4v) is 2.04. The molecule has 0 unspecified atom stereocenters. The van der Waals surface area contributed by atoms with E-state index in [0.717, 1.165) is 5.69 Å². The lowest BCUT2D eigenvalue weighted by Crippen LogP contribution is -2.03. The molecule has 0 bridgehead atoms. The lowest BCUT2D eigenvalue weighted by atomic mass is 10.2. The quantitative estimate of drug-likeness (QED) is 0.946. The molecule has 1 heterocycles. The summed E-state index contributed by atoms with van der Waals surface area (Å²) in [4.78, 5) is 4.29. The lowest BCUT2D eigenvalue weighted by molar-refractivity contribution is 0.276. The normalized spacial score (nSPS) is 10.8. The Bertz CT molecular complexity index is 539. The number of hydrogen-bond donors (Lipinski definition) is 1. The molecule has 0 atom stereocenters. The molecule has 2 aromatic rings. The molecule has 0 aliphatic rings. The van der Waals surface area contributed by atoms with Gasteiger partial charge in [0.05, 0.1) is 17.9 Å². The number of imidazole rings is 1. The van der Waals surface area contributed by atoms with E-state index in [1.165, 1.54) is 6.07 Å². The second-order valence-electron chi connectivity index (χ2n) is 3.75. The average Bonchev–Trinajstić information content (AvgIpc) is 2.60. The molecule has 90 valence electrons. The van der Waals surface area contributed by atoms with E-state index < -0.39 is 0 Å². The Hall–Kier alpha value is -1.20. The molecular weight excluding hydrogens is 287 g/mol. The van der Waals surface area contributed by atoms with Crippen LogP contribution in [0.3, 0.4) is 0 Å². The number of halogens is 2. The molecule has 0 spiro atoms. The molecule has 5 heteroatoms. The topological polar surface area (TPSA) is 38.0 Å². The summed E-state index contributed by atoms with van der Waals surface area (Å²) in [7, 11) is 0. The number of aliphatic hydroxyl groups is 1. The Labute approximate surface area is 107 Å². The van der Waals surface area contributed by atoms with Crippen LogP contribution in [0.1, 0.15) is 5.69 Å². The number of hydrogen-bond acceptors (Lipinski definition) is 2. The summed E-state index contributed by atoms with van der Waals surface area (Å²) in [6.07, 6.45) is 1.80. The summed E-state index contributed by atoms with van der Waals surface area (Å²) in [6, 6.07) is 4.85. The van der Waals surface area contributed by atoms with Crippen molar-refractivity contribution in [2.45, 2.75) is 13.5 Å². The largest absolute Gasteiger partial charge is 0.395 e. The van der Waals surface area contributed by atoms with Crippen LogP contribution in [-0.2, 0) is 6.54 Å². The fourth-order valence-electron chi connectivity index (χ4n) is 1.71. The highest BCUT2D eigenvalue weighted by molar-refractivity contribution is 9.10. The van der Waals surface area contributed by atoms with Crippen LogP contribution in [0, 0.1) is 12.7 Å². The van der Waals surface area contributed by atoms with E-state index in [2.05, 4.69) is 20.9 Å². The molecule has 17 heavy (non-hydrogen) atoms. The standard InChI is InChI=1S/C12H12BrFN2O/c1-8-7-16(4-5-17)12(15-8)10-3-2-9(13)6-11(10)14/h2-3,6-7,17H,4-5H2,1H3. The Kier molecular flexibility index (Phi) is 3.59. The molecule has 0 aliphatic carbocycles. The van der Waals surface area contributed by atoms with Gasteiger partial charge in [0, 0.05) is 17.2 Å². The van der Waals surface area contributed by atoms with E-state index in [1.54, 1.807) is 22.9 Å². The maximum absolute atomic E-state index is 13.8. The van der Waals surface area contributed by atoms with Crippen LogP contribution in [-0.4, -0.2) is 21.3 Å². The number of aliphatic hydroxyl groups excluding tert-OH is 1. The maximum Gasteiger partial charge on any atom is 0.143 e.